The van der Waals surface area contributed by atoms with Crippen molar-refractivity contribution in [3.63, 3.8) is 0 Å². The summed E-state index contributed by atoms with van der Waals surface area (Å²) in [6, 6.07) is 5.48. The number of hydrogen-bond donors (Lipinski definition) is 1. The normalized spacial score (nSPS) is 15.6. The third kappa shape index (κ3) is 3.02. The Kier molecular flexibility index (Phi) is 4.85. The van der Waals surface area contributed by atoms with Crippen LogP contribution in [0.3, 0.4) is 0 Å². The molecule has 5 nitrogen and oxygen atoms in total. The van der Waals surface area contributed by atoms with E-state index in [2.05, 4.69) is 0 Å². The highest BCUT2D eigenvalue weighted by Crippen LogP contribution is 2.32. The molecule has 3 rings (SSSR count). The number of carboxylic acid groups (broad SMARTS) is 1. The summed E-state index contributed by atoms with van der Waals surface area (Å²) in [5, 5.41) is 10.0. The Morgan fingerprint density at radius 1 is 1.33 bits per heavy atom. The zero-order valence-electron chi connectivity index (χ0n) is 13.9. The lowest BCUT2D eigenvalue weighted by Gasteiger charge is -2.21. The molecule has 0 radical (unpaired) electrons. The molecule has 0 amide bonds. The number of nitrogens with zero attached hydrogens (tertiary/aromatic N) is 1. The Balaban J connectivity index is 2.14. The van der Waals surface area contributed by atoms with E-state index in [1.807, 2.05) is 36.9 Å². The highest BCUT2D eigenvalue weighted by molar-refractivity contribution is 7.99. The Hall–Kier alpha value is -1.95. The van der Waals surface area contributed by atoms with Gasteiger partial charge in [-0.05, 0) is 55.0 Å². The first-order valence-electron chi connectivity index (χ1n) is 8.04. The van der Waals surface area contributed by atoms with E-state index < -0.39 is 5.97 Å². The molecule has 2 heterocycles. The van der Waals surface area contributed by atoms with Crippen LogP contribution < -0.4 is 4.74 Å². The number of fused-ring (bicyclic) bond motifs is 1. The van der Waals surface area contributed by atoms with E-state index >= 15 is 0 Å². The SMILES string of the molecule is COc1ccc2c(c1)c(CC(=O)O)c(C)n2C(=O)C1CCSCC1. The zero-order chi connectivity index (χ0) is 17.3. The van der Waals surface area contributed by atoms with Gasteiger partial charge in [0.25, 0.3) is 0 Å². The van der Waals surface area contributed by atoms with Gasteiger partial charge in [0.2, 0.25) is 5.91 Å². The summed E-state index contributed by atoms with van der Waals surface area (Å²) in [5.41, 5.74) is 2.19. The van der Waals surface area contributed by atoms with E-state index in [1.165, 1.54) is 0 Å². The molecule has 2 aromatic rings. The highest BCUT2D eigenvalue weighted by Gasteiger charge is 2.27. The smallest absolute Gasteiger partial charge is 0.307 e. The molecule has 24 heavy (non-hydrogen) atoms. The molecule has 0 aliphatic carbocycles. The van der Waals surface area contributed by atoms with Crippen molar-refractivity contribution in [2.45, 2.75) is 26.2 Å². The Morgan fingerprint density at radius 3 is 2.67 bits per heavy atom. The molecule has 1 fully saturated rings. The van der Waals surface area contributed by atoms with Gasteiger partial charge < -0.3 is 9.84 Å². The summed E-state index contributed by atoms with van der Waals surface area (Å²) in [7, 11) is 1.58. The number of thioether (sulfide) groups is 1. The van der Waals surface area contributed by atoms with Crippen molar-refractivity contribution >= 4 is 34.5 Å². The van der Waals surface area contributed by atoms with Gasteiger partial charge in [0.1, 0.15) is 5.75 Å². The predicted octanol–water partition coefficient (Wildman–Crippen LogP) is 3.37. The Morgan fingerprint density at radius 2 is 2.04 bits per heavy atom. The van der Waals surface area contributed by atoms with Crippen LogP contribution in [0.2, 0.25) is 0 Å². The number of aliphatic carboxylic acids is 1. The first-order valence-corrected chi connectivity index (χ1v) is 9.20. The maximum Gasteiger partial charge on any atom is 0.307 e. The molecule has 0 bridgehead atoms. The number of methoxy groups -OCH3 is 1. The minimum atomic E-state index is -0.901. The van der Waals surface area contributed by atoms with Gasteiger partial charge in [0.05, 0.1) is 19.0 Å². The molecule has 6 heteroatoms. The quantitative estimate of drug-likeness (QED) is 0.918. The lowest BCUT2D eigenvalue weighted by atomic mass is 10.0. The van der Waals surface area contributed by atoms with Gasteiger partial charge in [-0.15, -0.1) is 0 Å². The number of aromatic nitrogens is 1. The summed E-state index contributed by atoms with van der Waals surface area (Å²) < 4.78 is 6.98. The van der Waals surface area contributed by atoms with Crippen LogP contribution in [0.15, 0.2) is 18.2 Å². The molecule has 1 aromatic heterocycles. The fraction of sp³-hybridized carbons (Fsp3) is 0.444. The van der Waals surface area contributed by atoms with Crippen LogP contribution in [0.5, 0.6) is 5.75 Å². The number of carbonyl (C=O) groups is 2. The van der Waals surface area contributed by atoms with Crippen LogP contribution in [0.25, 0.3) is 10.9 Å². The van der Waals surface area contributed by atoms with Crippen molar-refractivity contribution in [1.29, 1.82) is 0 Å². The van der Waals surface area contributed by atoms with Crippen molar-refractivity contribution in [3.05, 3.63) is 29.5 Å². The van der Waals surface area contributed by atoms with Crippen molar-refractivity contribution in [1.82, 2.24) is 4.57 Å². The number of carbonyl (C=O) groups excluding carboxylic acids is 1. The number of ether oxygens (including phenoxy) is 1. The summed E-state index contributed by atoms with van der Waals surface area (Å²) in [6.07, 6.45) is 1.66. The second kappa shape index (κ2) is 6.89. The molecule has 128 valence electrons. The summed E-state index contributed by atoms with van der Waals surface area (Å²) >= 11 is 1.88. The third-order valence-corrected chi connectivity index (χ3v) is 5.71. The molecule has 0 unspecified atom stereocenters. The van der Waals surface area contributed by atoms with E-state index in [4.69, 9.17) is 4.74 Å². The molecular weight excluding hydrogens is 326 g/mol. The van der Waals surface area contributed by atoms with Gasteiger partial charge in [-0.25, -0.2) is 0 Å². The zero-order valence-corrected chi connectivity index (χ0v) is 14.7. The van der Waals surface area contributed by atoms with Crippen molar-refractivity contribution in [3.8, 4) is 5.75 Å². The summed E-state index contributed by atoms with van der Waals surface area (Å²) in [4.78, 5) is 24.3. The van der Waals surface area contributed by atoms with Crippen molar-refractivity contribution in [2.75, 3.05) is 18.6 Å². The van der Waals surface area contributed by atoms with E-state index in [1.54, 1.807) is 11.7 Å². The van der Waals surface area contributed by atoms with Crippen molar-refractivity contribution < 1.29 is 19.4 Å². The topological polar surface area (TPSA) is 68.5 Å². The Labute approximate surface area is 145 Å². The molecule has 1 aromatic carbocycles. The second-order valence-corrected chi connectivity index (χ2v) is 7.30. The van der Waals surface area contributed by atoms with Crippen LogP contribution in [0.1, 0.15) is 28.9 Å². The number of rotatable bonds is 4. The van der Waals surface area contributed by atoms with Gasteiger partial charge in [-0.2, -0.15) is 11.8 Å². The van der Waals surface area contributed by atoms with Gasteiger partial charge in [0, 0.05) is 17.0 Å². The molecule has 1 N–H and O–H groups in total. The van der Waals surface area contributed by atoms with Crippen molar-refractivity contribution in [2.24, 2.45) is 5.92 Å². The standard InChI is InChI=1S/C18H21NO4S/c1-11-14(10-17(20)21)15-9-13(23-2)3-4-16(15)19(11)18(22)12-5-7-24-8-6-12/h3-4,9,12H,5-8,10H2,1-2H3,(H,20,21). The predicted molar refractivity (Wildman–Crippen MR) is 95.2 cm³/mol. The third-order valence-electron chi connectivity index (χ3n) is 4.66. The second-order valence-electron chi connectivity index (χ2n) is 6.08. The van der Waals surface area contributed by atoms with Crippen LogP contribution in [-0.2, 0) is 11.2 Å². The average Bonchev–Trinajstić information content (AvgIpc) is 2.86. The number of benzene rings is 1. The van der Waals surface area contributed by atoms with Gasteiger partial charge >= 0.3 is 5.97 Å². The number of hydrogen-bond acceptors (Lipinski definition) is 4. The van der Waals surface area contributed by atoms with Crippen LogP contribution >= 0.6 is 11.8 Å². The first kappa shape index (κ1) is 16.9. The minimum absolute atomic E-state index is 0.0142. The maximum absolute atomic E-state index is 13.1. The molecule has 0 atom stereocenters. The van der Waals surface area contributed by atoms with Crippen LogP contribution in [0.4, 0.5) is 0 Å². The maximum atomic E-state index is 13.1. The molecule has 1 saturated heterocycles. The fourth-order valence-corrected chi connectivity index (χ4v) is 4.48. The van der Waals surface area contributed by atoms with Crippen LogP contribution in [0, 0.1) is 12.8 Å². The Bertz CT molecular complexity index is 790. The molecule has 0 saturated carbocycles. The highest BCUT2D eigenvalue weighted by atomic mass is 32.2. The minimum Gasteiger partial charge on any atom is -0.497 e. The lowest BCUT2D eigenvalue weighted by Crippen LogP contribution is -2.26. The average molecular weight is 347 g/mol. The molecule has 1 aliphatic rings. The number of carboxylic acids is 1. The van der Waals surface area contributed by atoms with E-state index in [0.717, 1.165) is 40.9 Å². The molecular formula is C18H21NO4S. The van der Waals surface area contributed by atoms with Gasteiger partial charge in [-0.1, -0.05) is 0 Å². The van der Waals surface area contributed by atoms with E-state index in [9.17, 15) is 14.7 Å². The molecule has 1 aliphatic heterocycles. The lowest BCUT2D eigenvalue weighted by molar-refractivity contribution is -0.136. The monoisotopic (exact) mass is 347 g/mol. The molecule has 0 spiro atoms. The summed E-state index contributed by atoms with van der Waals surface area (Å²) in [5.74, 6) is 1.86. The fourth-order valence-electron chi connectivity index (χ4n) is 3.37. The van der Waals surface area contributed by atoms with Gasteiger partial charge in [-0.3, -0.25) is 14.2 Å². The van der Waals surface area contributed by atoms with Gasteiger partial charge in [0.15, 0.2) is 0 Å². The largest absolute Gasteiger partial charge is 0.497 e. The van der Waals surface area contributed by atoms with E-state index in [0.29, 0.717) is 11.3 Å². The van der Waals surface area contributed by atoms with E-state index in [-0.39, 0.29) is 18.2 Å². The van der Waals surface area contributed by atoms with Crippen LogP contribution in [-0.4, -0.2) is 40.2 Å². The first-order chi connectivity index (χ1) is 11.5. The summed E-state index contributed by atoms with van der Waals surface area (Å²) in [6.45, 7) is 1.83.